The number of anilines is 3. The number of nitrogens with two attached hydrogens (primary N) is 1. The summed E-state index contributed by atoms with van der Waals surface area (Å²) in [6.45, 7) is 0.962. The lowest BCUT2D eigenvalue weighted by molar-refractivity contribution is 0.172. The topological polar surface area (TPSA) is 56.5 Å². The zero-order chi connectivity index (χ0) is 14.1. The van der Waals surface area contributed by atoms with Gasteiger partial charge >= 0.3 is 0 Å². The van der Waals surface area contributed by atoms with Crippen LogP contribution >= 0.6 is 11.6 Å². The van der Waals surface area contributed by atoms with Gasteiger partial charge in [-0.1, -0.05) is 11.6 Å². The van der Waals surface area contributed by atoms with E-state index in [1.54, 1.807) is 12.1 Å². The molecule has 0 amide bonds. The molecule has 3 rings (SSSR count). The van der Waals surface area contributed by atoms with Crippen molar-refractivity contribution in [1.82, 2.24) is 0 Å². The van der Waals surface area contributed by atoms with Gasteiger partial charge in [0, 0.05) is 17.2 Å². The molecule has 1 aliphatic heterocycles. The third-order valence-corrected chi connectivity index (χ3v) is 3.15. The molecule has 1 aliphatic rings. The predicted molar refractivity (Wildman–Crippen MR) is 76.5 cm³/mol. The van der Waals surface area contributed by atoms with E-state index in [1.807, 2.05) is 0 Å². The van der Waals surface area contributed by atoms with Crippen molar-refractivity contribution in [3.63, 3.8) is 0 Å². The Morgan fingerprint density at radius 2 is 1.75 bits per heavy atom. The highest BCUT2D eigenvalue weighted by atomic mass is 35.5. The monoisotopic (exact) mass is 294 g/mol. The maximum Gasteiger partial charge on any atom is 0.163 e. The van der Waals surface area contributed by atoms with Crippen LogP contribution in [-0.4, -0.2) is 13.2 Å². The lowest BCUT2D eigenvalue weighted by Crippen LogP contribution is -2.15. The van der Waals surface area contributed by atoms with Crippen molar-refractivity contribution >= 4 is 28.7 Å². The van der Waals surface area contributed by atoms with E-state index in [0.717, 1.165) is 0 Å². The number of fused-ring (bicyclic) bond motifs is 1. The first-order valence-electron chi connectivity index (χ1n) is 6.04. The summed E-state index contributed by atoms with van der Waals surface area (Å²) >= 11 is 5.86. The number of halogens is 2. The van der Waals surface area contributed by atoms with E-state index >= 15 is 0 Å². The van der Waals surface area contributed by atoms with Gasteiger partial charge in [-0.3, -0.25) is 0 Å². The maximum atomic E-state index is 13.7. The van der Waals surface area contributed by atoms with Gasteiger partial charge in [0.05, 0.1) is 17.1 Å². The third kappa shape index (κ3) is 2.44. The number of rotatable bonds is 2. The van der Waals surface area contributed by atoms with Gasteiger partial charge in [-0.2, -0.15) is 0 Å². The molecule has 6 heteroatoms. The van der Waals surface area contributed by atoms with Crippen LogP contribution in [0.3, 0.4) is 0 Å². The van der Waals surface area contributed by atoms with Crippen LogP contribution in [0.5, 0.6) is 11.5 Å². The fraction of sp³-hybridized carbons (Fsp3) is 0.143. The molecule has 104 valence electrons. The minimum absolute atomic E-state index is 0.251. The van der Waals surface area contributed by atoms with E-state index in [0.29, 0.717) is 41.1 Å². The predicted octanol–water partition coefficient (Wildman–Crippen LogP) is 3.58. The molecule has 0 bridgehead atoms. The number of nitrogens with one attached hydrogen (secondary N) is 1. The van der Waals surface area contributed by atoms with Crippen LogP contribution in [0.4, 0.5) is 21.5 Å². The summed E-state index contributed by atoms with van der Waals surface area (Å²) in [7, 11) is 0. The third-order valence-electron chi connectivity index (χ3n) is 2.91. The highest BCUT2D eigenvalue weighted by Crippen LogP contribution is 2.38. The van der Waals surface area contributed by atoms with Gasteiger partial charge in [0.2, 0.25) is 0 Å². The molecule has 4 nitrogen and oxygen atoms in total. The van der Waals surface area contributed by atoms with Crippen LogP contribution in [0.25, 0.3) is 0 Å². The molecule has 3 N–H and O–H groups in total. The van der Waals surface area contributed by atoms with E-state index in [4.69, 9.17) is 26.8 Å². The van der Waals surface area contributed by atoms with Crippen molar-refractivity contribution in [3.8, 4) is 11.5 Å². The zero-order valence-electron chi connectivity index (χ0n) is 10.5. The Labute approximate surface area is 120 Å². The SMILES string of the molecule is Nc1cc2c(cc1Nc1cc(Cl)ccc1F)OCCO2. The van der Waals surface area contributed by atoms with Crippen LogP contribution < -0.4 is 20.5 Å². The van der Waals surface area contributed by atoms with E-state index in [9.17, 15) is 4.39 Å². The molecule has 2 aromatic carbocycles. The van der Waals surface area contributed by atoms with Crippen molar-refractivity contribution in [3.05, 3.63) is 41.2 Å². The summed E-state index contributed by atoms with van der Waals surface area (Å²) in [5, 5.41) is 3.35. The smallest absolute Gasteiger partial charge is 0.163 e. The summed E-state index contributed by atoms with van der Waals surface area (Å²) in [5.41, 5.74) is 7.15. The molecule has 0 unspecified atom stereocenters. The molecule has 1 heterocycles. The fourth-order valence-corrected chi connectivity index (χ4v) is 2.12. The number of nitrogen functional groups attached to an aromatic ring is 1. The van der Waals surface area contributed by atoms with Crippen LogP contribution in [-0.2, 0) is 0 Å². The average molecular weight is 295 g/mol. The summed E-state index contributed by atoms with van der Waals surface area (Å²) in [6, 6.07) is 7.60. The Kier molecular flexibility index (Phi) is 3.28. The summed E-state index contributed by atoms with van der Waals surface area (Å²) in [6.07, 6.45) is 0. The first kappa shape index (κ1) is 12.9. The van der Waals surface area contributed by atoms with E-state index in [-0.39, 0.29) is 5.69 Å². The molecule has 0 saturated heterocycles. The Morgan fingerprint density at radius 1 is 1.05 bits per heavy atom. The number of hydrogen-bond acceptors (Lipinski definition) is 4. The van der Waals surface area contributed by atoms with Crippen molar-refractivity contribution in [2.75, 3.05) is 24.3 Å². The Bertz CT molecular complexity index is 664. The van der Waals surface area contributed by atoms with Gasteiger partial charge in [0.25, 0.3) is 0 Å². The molecule has 0 atom stereocenters. The second kappa shape index (κ2) is 5.09. The van der Waals surface area contributed by atoms with Gasteiger partial charge in [-0.25, -0.2) is 4.39 Å². The number of hydrogen-bond donors (Lipinski definition) is 2. The van der Waals surface area contributed by atoms with E-state index in [1.165, 1.54) is 18.2 Å². The lowest BCUT2D eigenvalue weighted by Gasteiger charge is -2.20. The molecule has 20 heavy (non-hydrogen) atoms. The minimum Gasteiger partial charge on any atom is -0.486 e. The molecule has 0 aliphatic carbocycles. The van der Waals surface area contributed by atoms with Gasteiger partial charge in [-0.05, 0) is 18.2 Å². The van der Waals surface area contributed by atoms with E-state index in [2.05, 4.69) is 5.32 Å². The largest absolute Gasteiger partial charge is 0.486 e. The summed E-state index contributed by atoms with van der Waals surface area (Å²) in [4.78, 5) is 0. The molecular formula is C14H12ClFN2O2. The standard InChI is InChI=1S/C14H12ClFN2O2/c15-8-1-2-9(16)11(5-8)18-12-7-14-13(6-10(12)17)19-3-4-20-14/h1-2,5-7,18H,3-4,17H2. The van der Waals surface area contributed by atoms with Crippen molar-refractivity contribution in [2.45, 2.75) is 0 Å². The minimum atomic E-state index is -0.413. The average Bonchev–Trinajstić information content (AvgIpc) is 2.43. The number of benzene rings is 2. The van der Waals surface area contributed by atoms with Gasteiger partial charge in [0.15, 0.2) is 11.5 Å². The first-order valence-corrected chi connectivity index (χ1v) is 6.42. The van der Waals surface area contributed by atoms with Crippen molar-refractivity contribution in [1.29, 1.82) is 0 Å². The fourth-order valence-electron chi connectivity index (χ4n) is 1.95. The van der Waals surface area contributed by atoms with E-state index < -0.39 is 5.82 Å². The summed E-state index contributed by atoms with van der Waals surface area (Å²) < 4.78 is 24.6. The zero-order valence-corrected chi connectivity index (χ0v) is 11.2. The first-order chi connectivity index (χ1) is 9.63. The Balaban J connectivity index is 1.96. The number of ether oxygens (including phenoxy) is 2. The second-order valence-electron chi connectivity index (χ2n) is 4.33. The second-order valence-corrected chi connectivity index (χ2v) is 4.77. The molecule has 0 radical (unpaired) electrons. The lowest BCUT2D eigenvalue weighted by atomic mass is 10.2. The van der Waals surface area contributed by atoms with Gasteiger partial charge < -0.3 is 20.5 Å². The van der Waals surface area contributed by atoms with Crippen LogP contribution in [0, 0.1) is 5.82 Å². The Hall–Kier alpha value is -2.14. The molecule has 2 aromatic rings. The highest BCUT2D eigenvalue weighted by molar-refractivity contribution is 6.30. The molecular weight excluding hydrogens is 283 g/mol. The molecule has 0 fully saturated rings. The normalized spacial score (nSPS) is 13.1. The quantitative estimate of drug-likeness (QED) is 0.831. The van der Waals surface area contributed by atoms with Crippen molar-refractivity contribution < 1.29 is 13.9 Å². The highest BCUT2D eigenvalue weighted by Gasteiger charge is 2.15. The molecule has 0 aromatic heterocycles. The van der Waals surface area contributed by atoms with Crippen LogP contribution in [0.2, 0.25) is 5.02 Å². The van der Waals surface area contributed by atoms with Crippen molar-refractivity contribution in [2.24, 2.45) is 0 Å². The Morgan fingerprint density at radius 3 is 2.50 bits per heavy atom. The maximum absolute atomic E-state index is 13.7. The van der Waals surface area contributed by atoms with Crippen LogP contribution in [0.1, 0.15) is 0 Å². The van der Waals surface area contributed by atoms with Gasteiger partial charge in [0.1, 0.15) is 19.0 Å². The summed E-state index contributed by atoms with van der Waals surface area (Å²) in [5.74, 6) is 0.755. The molecule has 0 spiro atoms. The van der Waals surface area contributed by atoms with Gasteiger partial charge in [-0.15, -0.1) is 0 Å². The van der Waals surface area contributed by atoms with Crippen LogP contribution in [0.15, 0.2) is 30.3 Å². The molecule has 0 saturated carbocycles.